The van der Waals surface area contributed by atoms with Gasteiger partial charge in [0.1, 0.15) is 4.88 Å². The first kappa shape index (κ1) is 9.26. The van der Waals surface area contributed by atoms with Crippen LogP contribution in [0.25, 0.3) is 0 Å². The molecule has 0 radical (unpaired) electrons. The second kappa shape index (κ2) is 4.93. The summed E-state index contributed by atoms with van der Waals surface area (Å²) in [6, 6.07) is 0. The fourth-order valence-corrected chi connectivity index (χ4v) is 0.908. The molecule has 0 aliphatic heterocycles. The molecular weight excluding hydrogens is 194 g/mol. The van der Waals surface area contributed by atoms with Gasteiger partial charge in [-0.25, -0.2) is 4.79 Å². The molecule has 0 aromatic carbocycles. The molecule has 0 fully saturated rings. The van der Waals surface area contributed by atoms with Crippen molar-refractivity contribution in [3.8, 4) is 0 Å². The van der Waals surface area contributed by atoms with E-state index >= 15 is 0 Å². The molecule has 0 atom stereocenters. The van der Waals surface area contributed by atoms with Gasteiger partial charge in [-0.05, 0) is 0 Å². The first-order valence-electron chi connectivity index (χ1n) is 3.09. The number of hydrogen-bond acceptors (Lipinski definition) is 6. The number of thiazole rings is 1. The van der Waals surface area contributed by atoms with Gasteiger partial charge in [0.05, 0.1) is 11.7 Å². The van der Waals surface area contributed by atoms with Gasteiger partial charge in [0, 0.05) is 0 Å². The Morgan fingerprint density at radius 3 is 2.69 bits per heavy atom. The number of carbonyl (C=O) groups is 1. The van der Waals surface area contributed by atoms with Crippen molar-refractivity contribution in [2.45, 2.75) is 0 Å². The summed E-state index contributed by atoms with van der Waals surface area (Å²) < 4.78 is 0. The fourth-order valence-electron chi connectivity index (χ4n) is 0.450. The predicted molar refractivity (Wildman–Crippen MR) is 43.3 cm³/mol. The van der Waals surface area contributed by atoms with Gasteiger partial charge in [-0.2, -0.15) is 5.21 Å². The molecule has 68 valence electrons. The molecule has 0 aliphatic carbocycles. The van der Waals surface area contributed by atoms with Crippen LogP contribution in [0.15, 0.2) is 18.0 Å². The van der Waals surface area contributed by atoms with E-state index in [0.29, 0.717) is 0 Å². The number of H-pyrrole nitrogens is 1. The van der Waals surface area contributed by atoms with Crippen LogP contribution in [0.1, 0.15) is 9.67 Å². The molecule has 0 aliphatic rings. The van der Waals surface area contributed by atoms with Crippen LogP contribution >= 0.6 is 11.3 Å². The fraction of sp³-hybridized carbons (Fsp3) is 0. The molecule has 2 aromatic rings. The lowest BCUT2D eigenvalue weighted by atomic mass is 10.6. The van der Waals surface area contributed by atoms with Gasteiger partial charge in [-0.15, -0.1) is 21.5 Å². The lowest BCUT2D eigenvalue weighted by molar-refractivity contribution is 0.0702. The van der Waals surface area contributed by atoms with E-state index in [9.17, 15) is 4.79 Å². The predicted octanol–water partition coefficient (Wildman–Crippen LogP) is 0.0410. The summed E-state index contributed by atoms with van der Waals surface area (Å²) in [4.78, 5) is 13.9. The average molecular weight is 199 g/mol. The molecule has 0 unspecified atom stereocenters. The number of nitrogens with zero attached hydrogens (tertiary/aromatic N) is 4. The molecule has 0 bridgehead atoms. The molecule has 13 heavy (non-hydrogen) atoms. The first-order chi connectivity index (χ1) is 6.30. The minimum absolute atomic E-state index is 0.282. The Morgan fingerprint density at radius 1 is 1.62 bits per heavy atom. The molecule has 2 rings (SSSR count). The van der Waals surface area contributed by atoms with Gasteiger partial charge in [-0.3, -0.25) is 4.98 Å². The van der Waals surface area contributed by atoms with E-state index < -0.39 is 5.97 Å². The lowest BCUT2D eigenvalue weighted by Gasteiger charge is -1.77. The van der Waals surface area contributed by atoms with E-state index in [-0.39, 0.29) is 4.88 Å². The Hall–Kier alpha value is -1.83. The molecule has 2 heterocycles. The summed E-state index contributed by atoms with van der Waals surface area (Å²) in [5, 5.41) is 20.4. The summed E-state index contributed by atoms with van der Waals surface area (Å²) in [5.74, 6) is -0.910. The molecule has 0 saturated heterocycles. The van der Waals surface area contributed by atoms with Crippen LogP contribution in [0.5, 0.6) is 0 Å². The van der Waals surface area contributed by atoms with Gasteiger partial charge in [-0.1, -0.05) is 5.21 Å². The second-order valence-electron chi connectivity index (χ2n) is 1.73. The van der Waals surface area contributed by atoms with Gasteiger partial charge in [0.15, 0.2) is 6.33 Å². The highest BCUT2D eigenvalue weighted by atomic mass is 32.1. The SMILES string of the molecule is O=C(O)c1cncs1.c1nn[nH]n1. The molecular formula is C5H5N5O2S. The van der Waals surface area contributed by atoms with E-state index in [1.807, 2.05) is 0 Å². The van der Waals surface area contributed by atoms with E-state index in [1.54, 1.807) is 0 Å². The van der Waals surface area contributed by atoms with Crippen molar-refractivity contribution in [3.63, 3.8) is 0 Å². The molecule has 2 aromatic heterocycles. The Labute approximate surface area is 76.4 Å². The molecule has 0 spiro atoms. The van der Waals surface area contributed by atoms with Crippen LogP contribution in [0.4, 0.5) is 0 Å². The van der Waals surface area contributed by atoms with E-state index in [1.165, 1.54) is 18.0 Å². The first-order valence-corrected chi connectivity index (χ1v) is 3.97. The largest absolute Gasteiger partial charge is 0.477 e. The van der Waals surface area contributed by atoms with Crippen LogP contribution in [-0.4, -0.2) is 36.7 Å². The normalized spacial score (nSPS) is 8.62. The summed E-state index contributed by atoms with van der Waals surface area (Å²) in [7, 11) is 0. The highest BCUT2D eigenvalue weighted by molar-refractivity contribution is 7.11. The highest BCUT2D eigenvalue weighted by Crippen LogP contribution is 2.03. The number of aromatic amines is 1. The average Bonchev–Trinajstić information content (AvgIpc) is 2.82. The van der Waals surface area contributed by atoms with Gasteiger partial charge in [0.25, 0.3) is 0 Å². The summed E-state index contributed by atoms with van der Waals surface area (Å²) in [6.45, 7) is 0. The minimum atomic E-state index is -0.910. The zero-order valence-corrected chi connectivity index (χ0v) is 7.10. The molecule has 8 heteroatoms. The van der Waals surface area contributed by atoms with Crippen molar-refractivity contribution in [2.75, 3.05) is 0 Å². The van der Waals surface area contributed by atoms with E-state index in [2.05, 4.69) is 25.6 Å². The van der Waals surface area contributed by atoms with E-state index in [4.69, 9.17) is 5.11 Å². The Bertz CT molecular complexity index is 314. The summed E-state index contributed by atoms with van der Waals surface area (Å²) >= 11 is 1.12. The second-order valence-corrected chi connectivity index (χ2v) is 2.62. The third kappa shape index (κ3) is 3.38. The number of rotatable bonds is 1. The monoisotopic (exact) mass is 199 g/mol. The number of tetrazole rings is 1. The van der Waals surface area contributed by atoms with Gasteiger partial charge in [0.2, 0.25) is 0 Å². The van der Waals surface area contributed by atoms with Crippen LogP contribution in [0, 0.1) is 0 Å². The molecule has 0 saturated carbocycles. The number of aromatic nitrogens is 5. The number of hydrogen-bond donors (Lipinski definition) is 2. The molecule has 2 N–H and O–H groups in total. The molecule has 0 amide bonds. The summed E-state index contributed by atoms with van der Waals surface area (Å²) in [6.07, 6.45) is 2.66. The molecule has 7 nitrogen and oxygen atoms in total. The maximum atomic E-state index is 10.0. The maximum absolute atomic E-state index is 10.0. The Kier molecular flexibility index (Phi) is 3.51. The number of carboxylic acids is 1. The Morgan fingerprint density at radius 2 is 2.46 bits per heavy atom. The smallest absolute Gasteiger partial charge is 0.347 e. The van der Waals surface area contributed by atoms with Crippen LogP contribution in [0.3, 0.4) is 0 Å². The van der Waals surface area contributed by atoms with Crippen molar-refractivity contribution >= 4 is 17.3 Å². The van der Waals surface area contributed by atoms with Crippen molar-refractivity contribution in [1.29, 1.82) is 0 Å². The standard InChI is InChI=1S/C4H3NO2S.CH2N4/c6-4(7)3-1-5-2-8-3;1-2-4-5-3-1/h1-2H,(H,6,7);1H,(H,2,3,4,5). The lowest BCUT2D eigenvalue weighted by Crippen LogP contribution is -1.89. The van der Waals surface area contributed by atoms with Crippen molar-refractivity contribution in [2.24, 2.45) is 0 Å². The number of nitrogens with one attached hydrogen (secondary N) is 1. The zero-order valence-electron chi connectivity index (χ0n) is 6.28. The van der Waals surface area contributed by atoms with Gasteiger partial charge >= 0.3 is 5.97 Å². The third-order valence-corrected chi connectivity index (χ3v) is 1.67. The van der Waals surface area contributed by atoms with Gasteiger partial charge < -0.3 is 5.11 Å². The van der Waals surface area contributed by atoms with Crippen LogP contribution in [0.2, 0.25) is 0 Å². The highest BCUT2D eigenvalue weighted by Gasteiger charge is 2.00. The Balaban J connectivity index is 0.000000145. The number of aromatic carboxylic acids is 1. The maximum Gasteiger partial charge on any atom is 0.347 e. The van der Waals surface area contributed by atoms with Crippen LogP contribution in [-0.2, 0) is 0 Å². The van der Waals surface area contributed by atoms with Crippen molar-refractivity contribution in [1.82, 2.24) is 25.6 Å². The topological polar surface area (TPSA) is 105 Å². The third-order valence-electron chi connectivity index (χ3n) is 0.913. The van der Waals surface area contributed by atoms with Crippen LogP contribution < -0.4 is 0 Å². The minimum Gasteiger partial charge on any atom is -0.477 e. The van der Waals surface area contributed by atoms with E-state index in [0.717, 1.165) is 11.3 Å². The quantitative estimate of drug-likeness (QED) is 0.671. The summed E-state index contributed by atoms with van der Waals surface area (Å²) in [5.41, 5.74) is 1.49. The number of carboxylic acid groups (broad SMARTS) is 1. The zero-order chi connectivity index (χ0) is 9.52. The van der Waals surface area contributed by atoms with Crippen molar-refractivity contribution < 1.29 is 9.90 Å². The van der Waals surface area contributed by atoms with Crippen molar-refractivity contribution in [3.05, 3.63) is 22.9 Å².